The summed E-state index contributed by atoms with van der Waals surface area (Å²) < 4.78 is 1.78. The van der Waals surface area contributed by atoms with E-state index in [4.69, 9.17) is 16.7 Å². The van der Waals surface area contributed by atoms with Crippen LogP contribution in [0, 0.1) is 0 Å². The third-order valence-corrected chi connectivity index (χ3v) is 7.76. The Balaban J connectivity index is 1.52. The lowest BCUT2D eigenvalue weighted by atomic mass is 10.1. The second-order valence-corrected chi connectivity index (χ2v) is 10.8. The monoisotopic (exact) mass is 569 g/mol. The van der Waals surface area contributed by atoms with Crippen molar-refractivity contribution in [2.24, 2.45) is 0 Å². The highest BCUT2D eigenvalue weighted by Gasteiger charge is 2.26. The average Bonchev–Trinajstić information content (AvgIpc) is 3.41. The highest BCUT2D eigenvalue weighted by Crippen LogP contribution is 2.28. The van der Waals surface area contributed by atoms with Gasteiger partial charge in [0.15, 0.2) is 0 Å². The lowest BCUT2D eigenvalue weighted by Gasteiger charge is -2.28. The molecule has 7 nitrogen and oxygen atoms in total. The Hall–Kier alpha value is -3.94. The number of hydrogen-bond donors (Lipinski definition) is 0. The SMILES string of the molecule is CCn1nc(-c2ccccc2)cc1C(=O)N1CCN(Cc2ccccc2)CCCN(C(C)=O)c2ccc(Cl)cc2C1. The lowest BCUT2D eigenvalue weighted by Crippen LogP contribution is -2.39. The van der Waals surface area contributed by atoms with Gasteiger partial charge in [-0.3, -0.25) is 19.2 Å². The smallest absolute Gasteiger partial charge is 0.272 e. The summed E-state index contributed by atoms with van der Waals surface area (Å²) in [6.07, 6.45) is 0.811. The zero-order valence-corrected chi connectivity index (χ0v) is 24.4. The molecule has 5 rings (SSSR count). The van der Waals surface area contributed by atoms with Gasteiger partial charge in [0, 0.05) is 69.0 Å². The number of rotatable bonds is 5. The number of benzene rings is 3. The van der Waals surface area contributed by atoms with Gasteiger partial charge in [0.2, 0.25) is 5.91 Å². The number of anilines is 1. The normalized spacial score (nSPS) is 14.8. The summed E-state index contributed by atoms with van der Waals surface area (Å²) in [5, 5.41) is 5.33. The van der Waals surface area contributed by atoms with Gasteiger partial charge in [-0.15, -0.1) is 0 Å². The molecular formula is C33H36ClN5O2. The largest absolute Gasteiger partial charge is 0.332 e. The molecule has 2 heterocycles. The number of carbonyl (C=O) groups excluding carboxylic acids is 2. The van der Waals surface area contributed by atoms with Gasteiger partial charge >= 0.3 is 0 Å². The van der Waals surface area contributed by atoms with Crippen LogP contribution in [-0.4, -0.2) is 57.6 Å². The first-order valence-corrected chi connectivity index (χ1v) is 14.6. The van der Waals surface area contributed by atoms with Crippen LogP contribution in [-0.2, 0) is 24.4 Å². The average molecular weight is 570 g/mol. The van der Waals surface area contributed by atoms with E-state index in [2.05, 4.69) is 17.0 Å². The molecule has 1 aliphatic rings. The van der Waals surface area contributed by atoms with Gasteiger partial charge in [0.05, 0.1) is 5.69 Å². The second-order valence-electron chi connectivity index (χ2n) is 10.4. The topological polar surface area (TPSA) is 61.7 Å². The number of aryl methyl sites for hydroxylation is 1. The fraction of sp³-hybridized carbons (Fsp3) is 0.303. The molecule has 0 N–H and O–H groups in total. The van der Waals surface area contributed by atoms with Crippen LogP contribution in [0.2, 0.25) is 5.02 Å². The van der Waals surface area contributed by atoms with E-state index >= 15 is 0 Å². The number of halogens is 1. The molecule has 0 atom stereocenters. The van der Waals surface area contributed by atoms with E-state index in [0.29, 0.717) is 43.4 Å². The molecule has 0 unspecified atom stereocenters. The summed E-state index contributed by atoms with van der Waals surface area (Å²) in [6.45, 7) is 7.86. The van der Waals surface area contributed by atoms with Gasteiger partial charge in [-0.25, -0.2) is 0 Å². The fourth-order valence-electron chi connectivity index (χ4n) is 5.42. The lowest BCUT2D eigenvalue weighted by molar-refractivity contribution is -0.116. The molecule has 0 fully saturated rings. The summed E-state index contributed by atoms with van der Waals surface area (Å²) >= 11 is 6.45. The Morgan fingerprint density at radius 1 is 0.878 bits per heavy atom. The van der Waals surface area contributed by atoms with Crippen LogP contribution in [0.5, 0.6) is 0 Å². The molecule has 0 saturated heterocycles. The van der Waals surface area contributed by atoms with Crippen molar-refractivity contribution in [2.45, 2.75) is 39.9 Å². The minimum absolute atomic E-state index is 0.0307. The molecule has 41 heavy (non-hydrogen) atoms. The van der Waals surface area contributed by atoms with Crippen LogP contribution in [0.3, 0.4) is 0 Å². The standard InChI is InChI=1S/C33H36ClN5O2/c1-3-39-32(22-30(35-39)27-13-8-5-9-14-27)33(41)37-20-19-36(23-26-11-6-4-7-12-26)17-10-18-38(25(2)40)31-16-15-29(34)21-28(31)24-37/h4-9,11-16,21-22H,3,10,17-20,23-24H2,1-2H3. The van der Waals surface area contributed by atoms with Crippen molar-refractivity contribution >= 4 is 29.1 Å². The molecule has 0 radical (unpaired) electrons. The van der Waals surface area contributed by atoms with Gasteiger partial charge < -0.3 is 9.80 Å². The molecule has 0 spiro atoms. The van der Waals surface area contributed by atoms with E-state index in [1.54, 1.807) is 11.6 Å². The van der Waals surface area contributed by atoms with Gasteiger partial charge in [-0.05, 0) is 48.7 Å². The number of aromatic nitrogens is 2. The quantitative estimate of drug-likeness (QED) is 0.290. The van der Waals surface area contributed by atoms with Crippen molar-refractivity contribution in [3.63, 3.8) is 0 Å². The van der Waals surface area contributed by atoms with E-state index in [1.165, 1.54) is 5.56 Å². The maximum Gasteiger partial charge on any atom is 0.272 e. The predicted octanol–water partition coefficient (Wildman–Crippen LogP) is 6.12. The zero-order valence-electron chi connectivity index (χ0n) is 23.7. The van der Waals surface area contributed by atoms with Crippen LogP contribution < -0.4 is 4.90 Å². The van der Waals surface area contributed by atoms with Crippen molar-refractivity contribution in [3.8, 4) is 11.3 Å². The molecule has 1 aromatic heterocycles. The Morgan fingerprint density at radius 3 is 2.32 bits per heavy atom. The Bertz CT molecular complexity index is 1490. The molecule has 0 saturated carbocycles. The highest BCUT2D eigenvalue weighted by molar-refractivity contribution is 6.30. The highest BCUT2D eigenvalue weighted by atomic mass is 35.5. The van der Waals surface area contributed by atoms with Crippen molar-refractivity contribution in [2.75, 3.05) is 31.1 Å². The molecule has 4 aromatic rings. The number of carbonyl (C=O) groups is 2. The van der Waals surface area contributed by atoms with Crippen molar-refractivity contribution in [3.05, 3.63) is 107 Å². The predicted molar refractivity (Wildman–Crippen MR) is 164 cm³/mol. The minimum atomic E-state index is -0.0965. The van der Waals surface area contributed by atoms with Crippen LogP contribution in [0.4, 0.5) is 5.69 Å². The first-order chi connectivity index (χ1) is 19.9. The summed E-state index contributed by atoms with van der Waals surface area (Å²) in [4.78, 5) is 33.1. The van der Waals surface area contributed by atoms with Gasteiger partial charge in [-0.2, -0.15) is 5.10 Å². The Labute approximate surface area is 246 Å². The molecule has 2 amide bonds. The van der Waals surface area contributed by atoms with E-state index in [-0.39, 0.29) is 11.8 Å². The maximum absolute atomic E-state index is 14.3. The Morgan fingerprint density at radius 2 is 1.61 bits per heavy atom. The summed E-state index contributed by atoms with van der Waals surface area (Å²) in [7, 11) is 0. The third kappa shape index (κ3) is 6.87. The number of amides is 2. The third-order valence-electron chi connectivity index (χ3n) is 7.52. The van der Waals surface area contributed by atoms with Gasteiger partial charge in [-0.1, -0.05) is 72.3 Å². The number of fused-ring (bicyclic) bond motifs is 1. The molecular weight excluding hydrogens is 534 g/mol. The Kier molecular flexibility index (Phi) is 9.17. The van der Waals surface area contributed by atoms with Crippen LogP contribution in [0.25, 0.3) is 11.3 Å². The molecule has 0 aliphatic carbocycles. The fourth-order valence-corrected chi connectivity index (χ4v) is 5.61. The molecule has 1 aliphatic heterocycles. The molecule has 212 valence electrons. The van der Waals surface area contributed by atoms with Gasteiger partial charge in [0.25, 0.3) is 5.91 Å². The van der Waals surface area contributed by atoms with Crippen molar-refractivity contribution in [1.29, 1.82) is 0 Å². The van der Waals surface area contributed by atoms with Crippen molar-refractivity contribution < 1.29 is 9.59 Å². The van der Waals surface area contributed by atoms with E-state index in [9.17, 15) is 9.59 Å². The maximum atomic E-state index is 14.3. The molecule has 0 bridgehead atoms. The number of nitrogens with zero attached hydrogens (tertiary/aromatic N) is 5. The first kappa shape index (κ1) is 28.6. The van der Waals surface area contributed by atoms with E-state index < -0.39 is 0 Å². The van der Waals surface area contributed by atoms with Crippen LogP contribution >= 0.6 is 11.6 Å². The summed E-state index contributed by atoms with van der Waals surface area (Å²) in [5.41, 5.74) is 5.15. The minimum Gasteiger partial charge on any atom is -0.332 e. The summed E-state index contributed by atoms with van der Waals surface area (Å²) in [6, 6.07) is 27.7. The van der Waals surface area contributed by atoms with E-state index in [0.717, 1.165) is 42.0 Å². The van der Waals surface area contributed by atoms with Gasteiger partial charge in [0.1, 0.15) is 5.69 Å². The van der Waals surface area contributed by atoms with Crippen molar-refractivity contribution in [1.82, 2.24) is 19.6 Å². The first-order valence-electron chi connectivity index (χ1n) is 14.2. The van der Waals surface area contributed by atoms with Crippen LogP contribution in [0.1, 0.15) is 41.9 Å². The number of hydrogen-bond acceptors (Lipinski definition) is 4. The molecule has 3 aromatic carbocycles. The molecule has 8 heteroatoms. The second kappa shape index (κ2) is 13.1. The summed E-state index contributed by atoms with van der Waals surface area (Å²) in [5.74, 6) is -0.127. The van der Waals surface area contributed by atoms with E-state index in [1.807, 2.05) is 89.5 Å². The van der Waals surface area contributed by atoms with Crippen LogP contribution in [0.15, 0.2) is 84.9 Å². The zero-order chi connectivity index (χ0) is 28.8.